The van der Waals surface area contributed by atoms with E-state index in [0.717, 1.165) is 22.6 Å². The van der Waals surface area contributed by atoms with Crippen LogP contribution < -0.4 is 14.8 Å². The molecular weight excluding hydrogens is 246 g/mol. The Balaban J connectivity index is 2.10. The van der Waals surface area contributed by atoms with Crippen molar-refractivity contribution in [3.8, 4) is 11.5 Å². The molecule has 0 aromatic heterocycles. The van der Waals surface area contributed by atoms with E-state index in [0.29, 0.717) is 6.54 Å². The number of rotatable bonds is 4. The molecule has 2 rings (SSSR count). The molecule has 0 unspecified atom stereocenters. The summed E-state index contributed by atoms with van der Waals surface area (Å²) in [6, 6.07) is 3.89. The van der Waals surface area contributed by atoms with E-state index in [1.807, 2.05) is 19.1 Å². The maximum Gasteiger partial charge on any atom is 0.325 e. The summed E-state index contributed by atoms with van der Waals surface area (Å²) >= 11 is 0. The summed E-state index contributed by atoms with van der Waals surface area (Å²) in [5, 5.41) is 3.19. The maximum absolute atomic E-state index is 11.6. The van der Waals surface area contributed by atoms with E-state index < -0.39 is 5.54 Å². The van der Waals surface area contributed by atoms with Crippen LogP contribution in [0.5, 0.6) is 11.5 Å². The van der Waals surface area contributed by atoms with Crippen molar-refractivity contribution < 1.29 is 19.0 Å². The number of aryl methyl sites for hydroxylation is 1. The number of esters is 1. The second-order valence-electron chi connectivity index (χ2n) is 5.10. The summed E-state index contributed by atoms with van der Waals surface area (Å²) in [7, 11) is 1.39. The molecule has 104 valence electrons. The fraction of sp³-hybridized carbons (Fsp3) is 0.500. The van der Waals surface area contributed by atoms with Gasteiger partial charge in [-0.3, -0.25) is 10.1 Å². The number of nitrogens with one attached hydrogen (secondary N) is 1. The minimum absolute atomic E-state index is 0.263. The highest BCUT2D eigenvalue weighted by atomic mass is 16.7. The molecule has 1 aromatic carbocycles. The number of methoxy groups -OCH3 is 1. The average molecular weight is 265 g/mol. The van der Waals surface area contributed by atoms with E-state index in [1.165, 1.54) is 7.11 Å². The van der Waals surface area contributed by atoms with Crippen LogP contribution in [0.25, 0.3) is 0 Å². The lowest BCUT2D eigenvalue weighted by Crippen LogP contribution is -2.47. The van der Waals surface area contributed by atoms with E-state index in [2.05, 4.69) is 5.32 Å². The standard InChI is InChI=1S/C14H19NO4/c1-9-5-11-12(19-8-18-11)6-10(9)7-15-14(2,3)13(16)17-4/h5-6,15H,7-8H2,1-4H3. The van der Waals surface area contributed by atoms with Crippen LogP contribution in [-0.4, -0.2) is 25.4 Å². The average Bonchev–Trinajstić information content (AvgIpc) is 2.81. The van der Waals surface area contributed by atoms with Crippen LogP contribution in [0.3, 0.4) is 0 Å². The third kappa shape index (κ3) is 2.81. The smallest absolute Gasteiger partial charge is 0.325 e. The Morgan fingerprint density at radius 1 is 1.37 bits per heavy atom. The summed E-state index contributed by atoms with van der Waals surface area (Å²) in [4.78, 5) is 11.6. The van der Waals surface area contributed by atoms with Crippen molar-refractivity contribution >= 4 is 5.97 Å². The summed E-state index contributed by atoms with van der Waals surface area (Å²) in [5.41, 5.74) is 1.44. The number of hydrogen-bond donors (Lipinski definition) is 1. The molecule has 1 aliphatic heterocycles. The SMILES string of the molecule is COC(=O)C(C)(C)NCc1cc2c(cc1C)OCO2. The number of carbonyl (C=O) groups is 1. The zero-order chi connectivity index (χ0) is 14.0. The van der Waals surface area contributed by atoms with Gasteiger partial charge in [-0.25, -0.2) is 0 Å². The molecule has 0 aliphatic carbocycles. The molecule has 0 bridgehead atoms. The van der Waals surface area contributed by atoms with Gasteiger partial charge in [-0.05, 0) is 44.0 Å². The van der Waals surface area contributed by atoms with Crippen LogP contribution >= 0.6 is 0 Å². The molecule has 0 atom stereocenters. The molecule has 5 heteroatoms. The quantitative estimate of drug-likeness (QED) is 0.841. The molecule has 1 N–H and O–H groups in total. The fourth-order valence-electron chi connectivity index (χ4n) is 1.92. The maximum atomic E-state index is 11.6. The van der Waals surface area contributed by atoms with Gasteiger partial charge in [-0.1, -0.05) is 0 Å². The fourth-order valence-corrected chi connectivity index (χ4v) is 1.92. The molecule has 0 saturated carbocycles. The molecule has 19 heavy (non-hydrogen) atoms. The molecule has 0 saturated heterocycles. The van der Waals surface area contributed by atoms with E-state index in [-0.39, 0.29) is 12.8 Å². The van der Waals surface area contributed by atoms with E-state index in [9.17, 15) is 4.79 Å². The predicted octanol–water partition coefficient (Wildman–Crippen LogP) is 1.76. The molecule has 0 amide bonds. The molecule has 1 aliphatic rings. The van der Waals surface area contributed by atoms with Crippen molar-refractivity contribution in [2.75, 3.05) is 13.9 Å². The first kappa shape index (κ1) is 13.7. The number of benzene rings is 1. The summed E-state index contributed by atoms with van der Waals surface area (Å²) in [6.07, 6.45) is 0. The molecule has 0 radical (unpaired) electrons. The Morgan fingerprint density at radius 2 is 2.00 bits per heavy atom. The van der Waals surface area contributed by atoms with Crippen molar-refractivity contribution in [2.24, 2.45) is 0 Å². The van der Waals surface area contributed by atoms with E-state index in [1.54, 1.807) is 13.8 Å². The highest BCUT2D eigenvalue weighted by molar-refractivity contribution is 5.79. The molecule has 0 spiro atoms. The van der Waals surface area contributed by atoms with Gasteiger partial charge in [-0.2, -0.15) is 0 Å². The third-order valence-corrected chi connectivity index (χ3v) is 3.25. The van der Waals surface area contributed by atoms with E-state index >= 15 is 0 Å². The van der Waals surface area contributed by atoms with Crippen LogP contribution in [0.4, 0.5) is 0 Å². The lowest BCUT2D eigenvalue weighted by Gasteiger charge is -2.23. The van der Waals surface area contributed by atoms with Gasteiger partial charge in [0.15, 0.2) is 11.5 Å². The number of fused-ring (bicyclic) bond motifs is 1. The first-order chi connectivity index (χ1) is 8.94. The molecule has 0 fully saturated rings. The van der Waals surface area contributed by atoms with Crippen LogP contribution in [-0.2, 0) is 16.1 Å². The molecule has 5 nitrogen and oxygen atoms in total. The van der Waals surface area contributed by atoms with Gasteiger partial charge in [0.05, 0.1) is 7.11 Å². The summed E-state index contributed by atoms with van der Waals surface area (Å²) in [6.45, 7) is 6.41. The first-order valence-corrected chi connectivity index (χ1v) is 6.16. The van der Waals surface area contributed by atoms with Gasteiger partial charge in [0, 0.05) is 6.54 Å². The molecule has 1 aromatic rings. The highest BCUT2D eigenvalue weighted by Crippen LogP contribution is 2.34. The van der Waals surface area contributed by atoms with Crippen LogP contribution in [0, 0.1) is 6.92 Å². The van der Waals surface area contributed by atoms with Gasteiger partial charge in [0.25, 0.3) is 0 Å². The largest absolute Gasteiger partial charge is 0.468 e. The van der Waals surface area contributed by atoms with Crippen LogP contribution in [0.2, 0.25) is 0 Å². The Morgan fingerprint density at radius 3 is 2.63 bits per heavy atom. The summed E-state index contributed by atoms with van der Waals surface area (Å²) in [5.74, 6) is 1.23. The van der Waals surface area contributed by atoms with E-state index in [4.69, 9.17) is 14.2 Å². The third-order valence-electron chi connectivity index (χ3n) is 3.25. The Hall–Kier alpha value is -1.75. The Bertz CT molecular complexity index is 496. The van der Waals surface area contributed by atoms with Gasteiger partial charge < -0.3 is 14.2 Å². The van der Waals surface area contributed by atoms with Crippen LogP contribution in [0.15, 0.2) is 12.1 Å². The Labute approximate surface area is 112 Å². The predicted molar refractivity (Wildman–Crippen MR) is 70.2 cm³/mol. The minimum Gasteiger partial charge on any atom is -0.468 e. The lowest BCUT2D eigenvalue weighted by molar-refractivity contribution is -0.147. The Kier molecular flexibility index (Phi) is 3.66. The topological polar surface area (TPSA) is 56.8 Å². The monoisotopic (exact) mass is 265 g/mol. The van der Waals surface area contributed by atoms with Gasteiger partial charge in [-0.15, -0.1) is 0 Å². The molecule has 1 heterocycles. The molecular formula is C14H19NO4. The van der Waals surface area contributed by atoms with Crippen molar-refractivity contribution in [3.63, 3.8) is 0 Å². The normalized spacial score (nSPS) is 13.5. The number of hydrogen-bond acceptors (Lipinski definition) is 5. The number of ether oxygens (including phenoxy) is 3. The first-order valence-electron chi connectivity index (χ1n) is 6.16. The zero-order valence-electron chi connectivity index (χ0n) is 11.7. The summed E-state index contributed by atoms with van der Waals surface area (Å²) < 4.78 is 15.4. The van der Waals surface area contributed by atoms with Crippen molar-refractivity contribution in [3.05, 3.63) is 23.3 Å². The second kappa shape index (κ2) is 5.09. The second-order valence-corrected chi connectivity index (χ2v) is 5.10. The van der Waals surface area contributed by atoms with Crippen molar-refractivity contribution in [1.29, 1.82) is 0 Å². The minimum atomic E-state index is -0.725. The lowest BCUT2D eigenvalue weighted by atomic mass is 10.0. The van der Waals surface area contributed by atoms with Crippen LogP contribution in [0.1, 0.15) is 25.0 Å². The van der Waals surface area contributed by atoms with Gasteiger partial charge >= 0.3 is 5.97 Å². The highest BCUT2D eigenvalue weighted by Gasteiger charge is 2.28. The van der Waals surface area contributed by atoms with Crippen molar-refractivity contribution in [2.45, 2.75) is 32.9 Å². The van der Waals surface area contributed by atoms with Crippen molar-refractivity contribution in [1.82, 2.24) is 5.32 Å². The van der Waals surface area contributed by atoms with Gasteiger partial charge in [0.2, 0.25) is 6.79 Å². The van der Waals surface area contributed by atoms with Gasteiger partial charge in [0.1, 0.15) is 5.54 Å². The zero-order valence-corrected chi connectivity index (χ0v) is 11.7. The number of carbonyl (C=O) groups excluding carboxylic acids is 1.